The molecule has 0 aromatic carbocycles. The Balaban J connectivity index is 1.81. The molecule has 0 aromatic heterocycles. The molecule has 1 aliphatic carbocycles. The molecular weight excluding hydrogens is 212 g/mol. The Morgan fingerprint density at radius 1 is 1.56 bits per heavy atom. The average molecular weight is 226 g/mol. The zero-order chi connectivity index (χ0) is 11.7. The van der Waals surface area contributed by atoms with Crippen LogP contribution in [0.25, 0.3) is 0 Å². The highest BCUT2D eigenvalue weighted by Gasteiger charge is 2.35. The second-order valence-corrected chi connectivity index (χ2v) is 4.28. The summed E-state index contributed by atoms with van der Waals surface area (Å²) in [7, 11) is 0. The van der Waals surface area contributed by atoms with Gasteiger partial charge in [0.2, 0.25) is 6.10 Å². The first kappa shape index (κ1) is 10.9. The molecule has 0 aromatic rings. The number of rotatable bonds is 4. The number of nitrogens with zero attached hydrogens (tertiary/aromatic N) is 1. The molecule has 2 atom stereocenters. The fraction of sp³-hybridized carbons (Fsp3) is 0.700. The Kier molecular flexibility index (Phi) is 2.80. The summed E-state index contributed by atoms with van der Waals surface area (Å²) in [6.07, 6.45) is 1.54. The number of amides is 1. The van der Waals surface area contributed by atoms with Crippen molar-refractivity contribution in [2.75, 3.05) is 0 Å². The highest BCUT2D eigenvalue weighted by molar-refractivity contribution is 6.36. The molecule has 88 valence electrons. The van der Waals surface area contributed by atoms with Crippen molar-refractivity contribution in [3.63, 3.8) is 0 Å². The largest absolute Gasteiger partial charge is 0.477 e. The van der Waals surface area contributed by atoms with E-state index in [1.165, 1.54) is 0 Å². The lowest BCUT2D eigenvalue weighted by Gasteiger charge is -2.15. The fourth-order valence-corrected chi connectivity index (χ4v) is 1.68. The molecule has 6 heteroatoms. The van der Waals surface area contributed by atoms with E-state index >= 15 is 0 Å². The summed E-state index contributed by atoms with van der Waals surface area (Å²) in [5.41, 5.74) is -0.0979. The first-order chi connectivity index (χ1) is 7.58. The van der Waals surface area contributed by atoms with Gasteiger partial charge in [0.25, 0.3) is 5.91 Å². The number of hydrogen-bond acceptors (Lipinski definition) is 4. The molecule has 1 heterocycles. The molecule has 0 saturated heterocycles. The van der Waals surface area contributed by atoms with Gasteiger partial charge in [-0.1, -0.05) is 5.16 Å². The number of carboxylic acid groups (broad SMARTS) is 1. The van der Waals surface area contributed by atoms with Gasteiger partial charge in [0.15, 0.2) is 5.71 Å². The lowest BCUT2D eigenvalue weighted by atomic mass is 10.1. The highest BCUT2D eigenvalue weighted by atomic mass is 16.6. The van der Waals surface area contributed by atoms with Crippen LogP contribution in [0.15, 0.2) is 5.16 Å². The lowest BCUT2D eigenvalue weighted by Crippen LogP contribution is -2.41. The van der Waals surface area contributed by atoms with Crippen molar-refractivity contribution in [1.82, 2.24) is 5.32 Å². The molecule has 0 radical (unpaired) electrons. The molecule has 6 nitrogen and oxygen atoms in total. The molecule has 2 aliphatic rings. The van der Waals surface area contributed by atoms with E-state index in [4.69, 9.17) is 9.94 Å². The smallest absolute Gasteiger partial charge is 0.353 e. The lowest BCUT2D eigenvalue weighted by molar-refractivity contribution is -0.132. The number of aliphatic carboxylic acids is 1. The van der Waals surface area contributed by atoms with Crippen LogP contribution in [-0.4, -0.2) is 34.8 Å². The van der Waals surface area contributed by atoms with Crippen LogP contribution in [0.1, 0.15) is 26.2 Å². The third-order valence-corrected chi connectivity index (χ3v) is 2.91. The molecule has 16 heavy (non-hydrogen) atoms. The number of hydrogen-bond donors (Lipinski definition) is 2. The molecule has 2 unspecified atom stereocenters. The fourth-order valence-electron chi connectivity index (χ4n) is 1.68. The number of oxime groups is 1. The predicted molar refractivity (Wildman–Crippen MR) is 54.9 cm³/mol. The number of carboxylic acids is 1. The summed E-state index contributed by atoms with van der Waals surface area (Å²) in [4.78, 5) is 27.0. The van der Waals surface area contributed by atoms with Crippen LogP contribution in [0, 0.1) is 5.92 Å². The third kappa shape index (κ3) is 2.32. The van der Waals surface area contributed by atoms with Crippen molar-refractivity contribution in [2.45, 2.75) is 38.3 Å². The van der Waals surface area contributed by atoms with Gasteiger partial charge in [-0.3, -0.25) is 4.79 Å². The third-order valence-electron chi connectivity index (χ3n) is 2.91. The van der Waals surface area contributed by atoms with Crippen molar-refractivity contribution < 1.29 is 19.5 Å². The van der Waals surface area contributed by atoms with Gasteiger partial charge in [-0.15, -0.1) is 0 Å². The van der Waals surface area contributed by atoms with Crippen LogP contribution >= 0.6 is 0 Å². The van der Waals surface area contributed by atoms with E-state index in [9.17, 15) is 9.59 Å². The van der Waals surface area contributed by atoms with E-state index in [1.807, 2.05) is 6.92 Å². The molecule has 2 N–H and O–H groups in total. The molecule has 1 amide bonds. The summed E-state index contributed by atoms with van der Waals surface area (Å²) in [6.45, 7) is 1.95. The topological polar surface area (TPSA) is 88.0 Å². The van der Waals surface area contributed by atoms with Crippen molar-refractivity contribution in [3.8, 4) is 0 Å². The second kappa shape index (κ2) is 4.11. The van der Waals surface area contributed by atoms with Crippen LogP contribution in [-0.2, 0) is 14.4 Å². The van der Waals surface area contributed by atoms with Crippen molar-refractivity contribution in [2.24, 2.45) is 11.1 Å². The molecule has 0 spiro atoms. The first-order valence-corrected chi connectivity index (χ1v) is 5.34. The Morgan fingerprint density at radius 3 is 2.75 bits per heavy atom. The summed E-state index contributed by atoms with van der Waals surface area (Å²) >= 11 is 0. The monoisotopic (exact) mass is 226 g/mol. The minimum Gasteiger partial charge on any atom is -0.477 e. The standard InChI is InChI=1S/C10H14N2O4/c1-5(6-2-3-6)11-9(13)8-4-7(10(14)15)12-16-8/h5-6,8H,2-4H2,1H3,(H,11,13)(H,14,15). The Morgan fingerprint density at radius 2 is 2.25 bits per heavy atom. The molecular formula is C10H14N2O4. The highest BCUT2D eigenvalue weighted by Crippen LogP contribution is 2.32. The van der Waals surface area contributed by atoms with E-state index in [2.05, 4.69) is 10.5 Å². The van der Waals surface area contributed by atoms with E-state index < -0.39 is 12.1 Å². The van der Waals surface area contributed by atoms with Crippen LogP contribution in [0.4, 0.5) is 0 Å². The zero-order valence-corrected chi connectivity index (χ0v) is 8.97. The van der Waals surface area contributed by atoms with Gasteiger partial charge in [0.1, 0.15) is 0 Å². The van der Waals surface area contributed by atoms with E-state index in [0.717, 1.165) is 12.8 Å². The average Bonchev–Trinajstić information content (AvgIpc) is 2.95. The molecule has 2 rings (SSSR count). The Bertz CT molecular complexity index is 349. The van der Waals surface area contributed by atoms with Crippen molar-refractivity contribution in [3.05, 3.63) is 0 Å². The van der Waals surface area contributed by atoms with Gasteiger partial charge in [0, 0.05) is 12.5 Å². The normalized spacial score (nSPS) is 25.6. The maximum absolute atomic E-state index is 11.7. The predicted octanol–water partition coefficient (Wildman–Crippen LogP) is 0.131. The van der Waals surface area contributed by atoms with E-state index in [0.29, 0.717) is 5.92 Å². The zero-order valence-electron chi connectivity index (χ0n) is 8.97. The maximum Gasteiger partial charge on any atom is 0.353 e. The maximum atomic E-state index is 11.7. The van der Waals surface area contributed by atoms with Crippen molar-refractivity contribution >= 4 is 17.6 Å². The van der Waals surface area contributed by atoms with Gasteiger partial charge >= 0.3 is 5.97 Å². The van der Waals surface area contributed by atoms with E-state index in [1.54, 1.807) is 0 Å². The molecule has 1 fully saturated rings. The minimum absolute atomic E-state index is 0.0402. The van der Waals surface area contributed by atoms with Crippen molar-refractivity contribution in [1.29, 1.82) is 0 Å². The number of nitrogens with one attached hydrogen (secondary N) is 1. The quantitative estimate of drug-likeness (QED) is 0.713. The Labute approximate surface area is 92.6 Å². The number of carbonyl (C=O) groups excluding carboxylic acids is 1. The van der Waals surface area contributed by atoms with Crippen LogP contribution in [0.2, 0.25) is 0 Å². The Hall–Kier alpha value is -1.59. The second-order valence-electron chi connectivity index (χ2n) is 4.28. The summed E-state index contributed by atoms with van der Waals surface area (Å²) < 4.78 is 0. The molecule has 1 aliphatic heterocycles. The van der Waals surface area contributed by atoms with Crippen LogP contribution in [0.5, 0.6) is 0 Å². The minimum atomic E-state index is -1.13. The van der Waals surface area contributed by atoms with Gasteiger partial charge in [-0.2, -0.15) is 0 Å². The summed E-state index contributed by atoms with van der Waals surface area (Å²) in [5, 5.41) is 14.8. The van der Waals surface area contributed by atoms with Gasteiger partial charge in [-0.25, -0.2) is 4.79 Å². The SMILES string of the molecule is CC(NC(=O)C1CC(C(=O)O)=NO1)C1CC1. The van der Waals surface area contributed by atoms with E-state index in [-0.39, 0.29) is 24.1 Å². The van der Waals surface area contributed by atoms with Gasteiger partial charge in [0.05, 0.1) is 0 Å². The summed E-state index contributed by atoms with van der Waals surface area (Å²) in [5.74, 6) is -0.852. The number of carbonyl (C=O) groups is 2. The van der Waals surface area contributed by atoms with Crippen LogP contribution in [0.3, 0.4) is 0 Å². The summed E-state index contributed by atoms with van der Waals surface area (Å²) in [6, 6.07) is 0.130. The van der Waals surface area contributed by atoms with Gasteiger partial charge < -0.3 is 15.3 Å². The molecule has 0 bridgehead atoms. The van der Waals surface area contributed by atoms with Gasteiger partial charge in [-0.05, 0) is 25.7 Å². The molecule has 1 saturated carbocycles. The van der Waals surface area contributed by atoms with Crippen LogP contribution < -0.4 is 5.32 Å². The first-order valence-electron chi connectivity index (χ1n) is 5.34.